The van der Waals surface area contributed by atoms with E-state index in [4.69, 9.17) is 0 Å². The predicted molar refractivity (Wildman–Crippen MR) is 80.3 cm³/mol. The summed E-state index contributed by atoms with van der Waals surface area (Å²) in [5, 5.41) is 0. The van der Waals surface area contributed by atoms with Crippen molar-refractivity contribution in [3.63, 3.8) is 0 Å². The Balaban J connectivity index is 2.78. The molecule has 0 saturated carbocycles. The normalized spacial score (nSPS) is 11.8. The number of nitrogens with one attached hydrogen (secondary N) is 1. The third kappa shape index (κ3) is 5.06. The van der Waals surface area contributed by atoms with Crippen molar-refractivity contribution in [3.05, 3.63) is 29.8 Å². The van der Waals surface area contributed by atoms with E-state index in [9.17, 15) is 13.2 Å². The lowest BCUT2D eigenvalue weighted by molar-refractivity contribution is 0.0967. The van der Waals surface area contributed by atoms with E-state index >= 15 is 0 Å². The van der Waals surface area contributed by atoms with Crippen molar-refractivity contribution in [1.29, 1.82) is 0 Å². The quantitative estimate of drug-likeness (QED) is 0.592. The second-order valence-electron chi connectivity index (χ2n) is 5.30. The van der Waals surface area contributed by atoms with E-state index in [1.54, 1.807) is 12.1 Å². The molecular weight excluding hydrogens is 274 g/mol. The van der Waals surface area contributed by atoms with Gasteiger partial charge in [0.05, 0.1) is 4.90 Å². The van der Waals surface area contributed by atoms with Crippen LogP contribution in [0.1, 0.15) is 50.4 Å². The van der Waals surface area contributed by atoms with Crippen LogP contribution in [0.15, 0.2) is 29.2 Å². The summed E-state index contributed by atoms with van der Waals surface area (Å²) in [5.41, 5.74) is 0.561. The molecule has 112 valence electrons. The minimum atomic E-state index is -3.46. The highest BCUT2D eigenvalue weighted by Crippen LogP contribution is 2.14. The highest BCUT2D eigenvalue weighted by molar-refractivity contribution is 7.89. The van der Waals surface area contributed by atoms with E-state index in [0.717, 1.165) is 12.8 Å². The molecule has 0 unspecified atom stereocenters. The van der Waals surface area contributed by atoms with Crippen molar-refractivity contribution in [3.8, 4) is 0 Å². The number of Topliss-reactive ketones (excluding diaryl/α,β-unsaturated/α-hetero) is 1. The molecule has 1 aromatic rings. The van der Waals surface area contributed by atoms with Crippen LogP contribution in [0.25, 0.3) is 0 Å². The van der Waals surface area contributed by atoms with Crippen LogP contribution in [0.3, 0.4) is 0 Å². The Labute approximate surface area is 121 Å². The fourth-order valence-corrected chi connectivity index (χ4v) is 2.85. The molecule has 0 amide bonds. The molecule has 0 heterocycles. The minimum Gasteiger partial charge on any atom is -0.294 e. The van der Waals surface area contributed by atoms with E-state index in [2.05, 4.69) is 4.72 Å². The average Bonchev–Trinajstić information content (AvgIpc) is 2.38. The molecule has 0 spiro atoms. The molecule has 0 fully saturated rings. The topological polar surface area (TPSA) is 63.2 Å². The Morgan fingerprint density at radius 2 is 1.80 bits per heavy atom. The van der Waals surface area contributed by atoms with Crippen LogP contribution in [-0.4, -0.2) is 20.7 Å². The van der Waals surface area contributed by atoms with Crippen LogP contribution < -0.4 is 4.72 Å². The van der Waals surface area contributed by atoms with Gasteiger partial charge in [0.15, 0.2) is 5.78 Å². The molecule has 0 aromatic heterocycles. The number of rotatable bonds is 8. The number of unbranched alkanes of at least 4 members (excludes halogenated alkanes) is 1. The first-order valence-electron chi connectivity index (χ1n) is 6.99. The Hall–Kier alpha value is -1.20. The molecule has 0 saturated heterocycles. The minimum absolute atomic E-state index is 0.0443. The number of ketones is 1. The number of benzene rings is 1. The first-order chi connectivity index (χ1) is 9.36. The first-order valence-corrected chi connectivity index (χ1v) is 8.48. The smallest absolute Gasteiger partial charge is 0.240 e. The van der Waals surface area contributed by atoms with Gasteiger partial charge in [-0.3, -0.25) is 4.79 Å². The lowest BCUT2D eigenvalue weighted by Gasteiger charge is -2.08. The van der Waals surface area contributed by atoms with Gasteiger partial charge >= 0.3 is 0 Å². The molecule has 5 heteroatoms. The summed E-state index contributed by atoms with van der Waals surface area (Å²) in [6, 6.07) is 6.14. The largest absolute Gasteiger partial charge is 0.294 e. The molecule has 1 N–H and O–H groups in total. The Morgan fingerprint density at radius 3 is 2.30 bits per heavy atom. The first kappa shape index (κ1) is 16.9. The summed E-state index contributed by atoms with van der Waals surface area (Å²) in [4.78, 5) is 12.1. The van der Waals surface area contributed by atoms with Crippen LogP contribution in [0, 0.1) is 5.92 Å². The number of hydrogen-bond acceptors (Lipinski definition) is 3. The Morgan fingerprint density at radius 1 is 1.20 bits per heavy atom. The molecule has 4 nitrogen and oxygen atoms in total. The van der Waals surface area contributed by atoms with Crippen molar-refractivity contribution in [1.82, 2.24) is 4.72 Å². The number of carbonyl (C=O) groups excluding carboxylic acids is 1. The van der Waals surface area contributed by atoms with E-state index in [1.807, 2.05) is 20.8 Å². The maximum Gasteiger partial charge on any atom is 0.240 e. The third-order valence-electron chi connectivity index (χ3n) is 2.90. The fraction of sp³-hybridized carbons (Fsp3) is 0.533. The summed E-state index contributed by atoms with van der Waals surface area (Å²) >= 11 is 0. The second-order valence-corrected chi connectivity index (χ2v) is 7.06. The van der Waals surface area contributed by atoms with Gasteiger partial charge in [-0.2, -0.15) is 0 Å². The van der Waals surface area contributed by atoms with Gasteiger partial charge in [0.1, 0.15) is 0 Å². The number of carbonyl (C=O) groups is 1. The van der Waals surface area contributed by atoms with Gasteiger partial charge < -0.3 is 0 Å². The van der Waals surface area contributed by atoms with Crippen molar-refractivity contribution < 1.29 is 13.2 Å². The molecule has 0 bridgehead atoms. The van der Waals surface area contributed by atoms with E-state index < -0.39 is 10.0 Å². The maximum atomic E-state index is 12.0. The summed E-state index contributed by atoms with van der Waals surface area (Å²) in [7, 11) is -3.46. The lowest BCUT2D eigenvalue weighted by atomic mass is 10.0. The summed E-state index contributed by atoms with van der Waals surface area (Å²) in [6.45, 7) is 6.40. The highest BCUT2D eigenvalue weighted by atomic mass is 32.2. The van der Waals surface area contributed by atoms with Crippen LogP contribution >= 0.6 is 0 Å². The molecule has 0 radical (unpaired) electrons. The molecule has 0 atom stereocenters. The number of hydrogen-bond donors (Lipinski definition) is 1. The van der Waals surface area contributed by atoms with Gasteiger partial charge in [-0.25, -0.2) is 13.1 Å². The lowest BCUT2D eigenvalue weighted by Crippen LogP contribution is -2.24. The zero-order valence-electron chi connectivity index (χ0n) is 12.3. The van der Waals surface area contributed by atoms with Crippen LogP contribution in [0.2, 0.25) is 0 Å². The Bertz CT molecular complexity index is 533. The van der Waals surface area contributed by atoms with E-state index in [-0.39, 0.29) is 10.7 Å². The molecule has 20 heavy (non-hydrogen) atoms. The summed E-state index contributed by atoms with van der Waals surface area (Å²) < 4.78 is 26.5. The van der Waals surface area contributed by atoms with Gasteiger partial charge in [0.25, 0.3) is 0 Å². The van der Waals surface area contributed by atoms with Gasteiger partial charge in [-0.05, 0) is 24.5 Å². The fourth-order valence-electron chi connectivity index (χ4n) is 1.78. The maximum absolute atomic E-state index is 12.0. The summed E-state index contributed by atoms with van der Waals surface area (Å²) in [6.07, 6.45) is 2.22. The second kappa shape index (κ2) is 7.55. The van der Waals surface area contributed by atoms with Gasteiger partial charge in [0.2, 0.25) is 10.0 Å². The van der Waals surface area contributed by atoms with Gasteiger partial charge in [0, 0.05) is 18.5 Å². The van der Waals surface area contributed by atoms with Crippen molar-refractivity contribution in [2.24, 2.45) is 5.92 Å². The Kier molecular flexibility index (Phi) is 6.36. The van der Waals surface area contributed by atoms with Crippen molar-refractivity contribution in [2.75, 3.05) is 6.54 Å². The van der Waals surface area contributed by atoms with Crippen LogP contribution in [0.5, 0.6) is 0 Å². The monoisotopic (exact) mass is 297 g/mol. The van der Waals surface area contributed by atoms with Crippen molar-refractivity contribution in [2.45, 2.75) is 44.9 Å². The molecule has 1 aromatic carbocycles. The van der Waals surface area contributed by atoms with Gasteiger partial charge in [-0.1, -0.05) is 39.3 Å². The zero-order valence-corrected chi connectivity index (χ0v) is 13.2. The van der Waals surface area contributed by atoms with Crippen molar-refractivity contribution >= 4 is 15.8 Å². The third-order valence-corrected chi connectivity index (χ3v) is 4.38. The molecule has 0 aliphatic rings. The standard InChI is InChI=1S/C15H23NO3S/c1-4-5-10-16-20(18,19)14-8-6-13(7-9-14)15(17)11-12(2)3/h6-9,12,16H,4-5,10-11H2,1-3H3. The molecule has 0 aliphatic heterocycles. The van der Waals surface area contributed by atoms with E-state index in [1.165, 1.54) is 12.1 Å². The molecule has 1 rings (SSSR count). The predicted octanol–water partition coefficient (Wildman–Crippen LogP) is 2.99. The van der Waals surface area contributed by atoms with E-state index in [0.29, 0.717) is 24.4 Å². The van der Waals surface area contributed by atoms with Crippen LogP contribution in [-0.2, 0) is 10.0 Å². The molecule has 0 aliphatic carbocycles. The SMILES string of the molecule is CCCCNS(=O)(=O)c1ccc(C(=O)CC(C)C)cc1. The average molecular weight is 297 g/mol. The summed E-state index contributed by atoms with van der Waals surface area (Å²) in [5.74, 6) is 0.338. The van der Waals surface area contributed by atoms with Crippen LogP contribution in [0.4, 0.5) is 0 Å². The highest BCUT2D eigenvalue weighted by Gasteiger charge is 2.14. The van der Waals surface area contributed by atoms with Gasteiger partial charge in [-0.15, -0.1) is 0 Å². The number of sulfonamides is 1. The molecular formula is C15H23NO3S. The zero-order chi connectivity index (χ0) is 15.2.